The summed E-state index contributed by atoms with van der Waals surface area (Å²) in [6.45, 7) is 9.84. The summed E-state index contributed by atoms with van der Waals surface area (Å²) in [7, 11) is 0. The van der Waals surface area contributed by atoms with Gasteiger partial charge in [0.15, 0.2) is 0 Å². The van der Waals surface area contributed by atoms with Gasteiger partial charge in [-0.05, 0) is 39.2 Å². The van der Waals surface area contributed by atoms with Crippen LogP contribution in [0.5, 0.6) is 0 Å². The van der Waals surface area contributed by atoms with Crippen molar-refractivity contribution < 1.29 is 0 Å². The Morgan fingerprint density at radius 2 is 1.75 bits per heavy atom. The topological polar surface area (TPSA) is 38.0 Å². The van der Waals surface area contributed by atoms with Gasteiger partial charge in [-0.25, -0.2) is 0 Å². The Labute approximate surface area is 76.9 Å². The van der Waals surface area contributed by atoms with Gasteiger partial charge in [-0.3, -0.25) is 0 Å². The second-order valence-corrected chi connectivity index (χ2v) is 4.25. The summed E-state index contributed by atoms with van der Waals surface area (Å²) in [5, 5.41) is 3.47. The molecule has 0 amide bonds. The van der Waals surface area contributed by atoms with Gasteiger partial charge < -0.3 is 11.1 Å². The van der Waals surface area contributed by atoms with E-state index in [1.807, 2.05) is 0 Å². The summed E-state index contributed by atoms with van der Waals surface area (Å²) in [5.74, 6) is 0.780. The zero-order valence-corrected chi connectivity index (χ0v) is 8.93. The fourth-order valence-electron chi connectivity index (χ4n) is 1.35. The van der Waals surface area contributed by atoms with Gasteiger partial charge in [0.1, 0.15) is 0 Å². The highest BCUT2D eigenvalue weighted by atomic mass is 14.9. The molecule has 0 heterocycles. The molecule has 0 aliphatic heterocycles. The van der Waals surface area contributed by atoms with E-state index in [0.29, 0.717) is 12.1 Å². The van der Waals surface area contributed by atoms with Crippen molar-refractivity contribution in [1.29, 1.82) is 0 Å². The number of hydrogen-bond acceptors (Lipinski definition) is 2. The van der Waals surface area contributed by atoms with Crippen LogP contribution in [-0.4, -0.2) is 18.6 Å². The van der Waals surface area contributed by atoms with E-state index in [-0.39, 0.29) is 0 Å². The van der Waals surface area contributed by atoms with Crippen LogP contribution in [0.2, 0.25) is 0 Å². The normalized spacial score (nSPS) is 16.5. The second kappa shape index (κ2) is 6.44. The van der Waals surface area contributed by atoms with Gasteiger partial charge in [-0.2, -0.15) is 0 Å². The largest absolute Gasteiger partial charge is 0.328 e. The molecule has 12 heavy (non-hydrogen) atoms. The van der Waals surface area contributed by atoms with Crippen LogP contribution in [0, 0.1) is 5.92 Å². The first-order valence-electron chi connectivity index (χ1n) is 5.01. The van der Waals surface area contributed by atoms with E-state index < -0.39 is 0 Å². The molecule has 0 aliphatic carbocycles. The van der Waals surface area contributed by atoms with Crippen molar-refractivity contribution >= 4 is 0 Å². The molecule has 0 radical (unpaired) electrons. The summed E-state index contributed by atoms with van der Waals surface area (Å²) in [4.78, 5) is 0. The Bertz CT molecular complexity index is 100. The van der Waals surface area contributed by atoms with Gasteiger partial charge in [-0.15, -0.1) is 0 Å². The number of hydrogen-bond donors (Lipinski definition) is 2. The van der Waals surface area contributed by atoms with Gasteiger partial charge in [-0.1, -0.05) is 13.8 Å². The Hall–Kier alpha value is -0.0800. The van der Waals surface area contributed by atoms with Gasteiger partial charge in [0.25, 0.3) is 0 Å². The fourth-order valence-corrected chi connectivity index (χ4v) is 1.35. The number of nitrogens with two attached hydrogens (primary N) is 1. The maximum absolute atomic E-state index is 5.64. The molecule has 0 aromatic heterocycles. The van der Waals surface area contributed by atoms with Gasteiger partial charge in [0.2, 0.25) is 0 Å². The average molecular weight is 172 g/mol. The quantitative estimate of drug-likeness (QED) is 0.640. The summed E-state index contributed by atoms with van der Waals surface area (Å²) in [6, 6.07) is 0.951. The lowest BCUT2D eigenvalue weighted by Crippen LogP contribution is -2.31. The van der Waals surface area contributed by atoms with Crippen LogP contribution in [0.3, 0.4) is 0 Å². The maximum Gasteiger partial charge on any atom is 0.00411 e. The number of nitrogens with one attached hydrogen (secondary N) is 1. The van der Waals surface area contributed by atoms with Gasteiger partial charge in [0, 0.05) is 12.1 Å². The molecule has 2 atom stereocenters. The van der Waals surface area contributed by atoms with Crippen molar-refractivity contribution in [2.45, 2.75) is 52.6 Å². The standard InChI is InChI=1S/C10H24N2/c1-8(2)7-10(4)12-6-5-9(3)11/h8-10,12H,5-7,11H2,1-4H3. The van der Waals surface area contributed by atoms with Gasteiger partial charge >= 0.3 is 0 Å². The lowest BCUT2D eigenvalue weighted by Gasteiger charge is -2.16. The zero-order valence-electron chi connectivity index (χ0n) is 8.93. The van der Waals surface area contributed by atoms with Crippen LogP contribution in [0.15, 0.2) is 0 Å². The molecule has 2 nitrogen and oxygen atoms in total. The van der Waals surface area contributed by atoms with Crippen LogP contribution >= 0.6 is 0 Å². The third-order valence-corrected chi connectivity index (χ3v) is 1.92. The first-order valence-corrected chi connectivity index (χ1v) is 5.01. The molecule has 0 fully saturated rings. The van der Waals surface area contributed by atoms with Gasteiger partial charge in [0.05, 0.1) is 0 Å². The monoisotopic (exact) mass is 172 g/mol. The van der Waals surface area contributed by atoms with Crippen LogP contribution < -0.4 is 11.1 Å². The average Bonchev–Trinajstić information content (AvgIpc) is 1.84. The first-order chi connectivity index (χ1) is 5.52. The van der Waals surface area contributed by atoms with E-state index in [2.05, 4.69) is 33.0 Å². The molecular weight excluding hydrogens is 148 g/mol. The smallest absolute Gasteiger partial charge is 0.00411 e. The van der Waals surface area contributed by atoms with Crippen molar-refractivity contribution in [3.05, 3.63) is 0 Å². The van der Waals surface area contributed by atoms with Crippen molar-refractivity contribution in [1.82, 2.24) is 5.32 Å². The molecular formula is C10H24N2. The molecule has 74 valence electrons. The molecule has 0 aromatic rings. The summed E-state index contributed by atoms with van der Waals surface area (Å²) < 4.78 is 0. The number of rotatable bonds is 6. The maximum atomic E-state index is 5.64. The molecule has 0 spiro atoms. The highest BCUT2D eigenvalue weighted by Crippen LogP contribution is 2.03. The van der Waals surface area contributed by atoms with E-state index in [1.54, 1.807) is 0 Å². The van der Waals surface area contributed by atoms with E-state index in [9.17, 15) is 0 Å². The molecule has 0 aromatic carbocycles. The Kier molecular flexibility index (Phi) is 6.39. The molecule has 0 rings (SSSR count). The molecule has 3 N–H and O–H groups in total. The SMILES string of the molecule is CC(C)CC(C)NCCC(C)N. The minimum absolute atomic E-state index is 0.323. The second-order valence-electron chi connectivity index (χ2n) is 4.25. The zero-order chi connectivity index (χ0) is 9.56. The third-order valence-electron chi connectivity index (χ3n) is 1.92. The van der Waals surface area contributed by atoms with Crippen molar-refractivity contribution in [3.63, 3.8) is 0 Å². The molecule has 0 saturated carbocycles. The summed E-state index contributed by atoms with van der Waals surface area (Å²) >= 11 is 0. The molecule has 2 heteroatoms. The van der Waals surface area contributed by atoms with E-state index in [0.717, 1.165) is 18.9 Å². The minimum atomic E-state index is 0.323. The lowest BCUT2D eigenvalue weighted by atomic mass is 10.1. The highest BCUT2D eigenvalue weighted by molar-refractivity contribution is 4.64. The molecule has 2 unspecified atom stereocenters. The highest BCUT2D eigenvalue weighted by Gasteiger charge is 2.03. The lowest BCUT2D eigenvalue weighted by molar-refractivity contribution is 0.432. The fraction of sp³-hybridized carbons (Fsp3) is 1.00. The minimum Gasteiger partial charge on any atom is -0.328 e. The van der Waals surface area contributed by atoms with E-state index in [1.165, 1.54) is 6.42 Å². The van der Waals surface area contributed by atoms with E-state index >= 15 is 0 Å². The Morgan fingerprint density at radius 3 is 2.17 bits per heavy atom. The van der Waals surface area contributed by atoms with Crippen molar-refractivity contribution in [3.8, 4) is 0 Å². The van der Waals surface area contributed by atoms with Crippen LogP contribution in [0.1, 0.15) is 40.5 Å². The summed E-state index contributed by atoms with van der Waals surface area (Å²) in [6.07, 6.45) is 2.32. The molecule has 0 saturated heterocycles. The predicted octanol–water partition coefficient (Wildman–Crippen LogP) is 1.75. The van der Waals surface area contributed by atoms with Crippen LogP contribution in [-0.2, 0) is 0 Å². The molecule has 0 aliphatic rings. The Morgan fingerprint density at radius 1 is 1.17 bits per heavy atom. The van der Waals surface area contributed by atoms with E-state index in [4.69, 9.17) is 5.73 Å². The molecule has 0 bridgehead atoms. The van der Waals surface area contributed by atoms with Crippen molar-refractivity contribution in [2.75, 3.05) is 6.54 Å². The first kappa shape index (κ1) is 11.9. The third kappa shape index (κ3) is 8.02. The Balaban J connectivity index is 3.25. The van der Waals surface area contributed by atoms with Crippen LogP contribution in [0.4, 0.5) is 0 Å². The predicted molar refractivity (Wildman–Crippen MR) is 55.2 cm³/mol. The van der Waals surface area contributed by atoms with Crippen LogP contribution in [0.25, 0.3) is 0 Å². The summed E-state index contributed by atoms with van der Waals surface area (Å²) in [5.41, 5.74) is 5.64. The van der Waals surface area contributed by atoms with Crippen molar-refractivity contribution in [2.24, 2.45) is 11.7 Å².